The number of ether oxygens (including phenoxy) is 1. The zero-order valence-corrected chi connectivity index (χ0v) is 13.2. The van der Waals surface area contributed by atoms with E-state index < -0.39 is 0 Å². The van der Waals surface area contributed by atoms with Crippen LogP contribution in [0.2, 0.25) is 5.02 Å². The number of rotatable bonds is 4. The highest BCUT2D eigenvalue weighted by Crippen LogP contribution is 2.27. The summed E-state index contributed by atoms with van der Waals surface area (Å²) in [6.45, 7) is 2.09. The summed E-state index contributed by atoms with van der Waals surface area (Å²) in [7, 11) is 0. The molecule has 0 spiro atoms. The zero-order valence-electron chi connectivity index (χ0n) is 10.9. The monoisotopic (exact) mass is 357 g/mol. The van der Waals surface area contributed by atoms with E-state index in [1.165, 1.54) is 12.1 Å². The minimum atomic E-state index is -0.355. The Morgan fingerprint density at radius 1 is 1.30 bits per heavy atom. The molecule has 0 aliphatic rings. The van der Waals surface area contributed by atoms with Crippen molar-refractivity contribution >= 4 is 27.5 Å². The van der Waals surface area contributed by atoms with Gasteiger partial charge in [0, 0.05) is 32.7 Å². The lowest BCUT2D eigenvalue weighted by Crippen LogP contribution is -2.08. The molecular weight excluding hydrogens is 345 g/mol. The molecule has 0 fully saturated rings. The number of hydrogen-bond acceptors (Lipinski definition) is 2. The van der Waals surface area contributed by atoms with E-state index in [1.54, 1.807) is 12.1 Å². The third-order valence-electron chi connectivity index (χ3n) is 2.86. The maximum Gasteiger partial charge on any atom is 0.127 e. The smallest absolute Gasteiger partial charge is 0.127 e. The standard InChI is InChI=1S/C15H14BrClFNO/c1-9(19)13-5-4-12(18)7-15(13)20-8-10-2-3-11(16)6-14(10)17/h2-7,9H,8,19H2,1H3. The van der Waals surface area contributed by atoms with Crippen molar-refractivity contribution in [3.05, 3.63) is 62.8 Å². The molecule has 20 heavy (non-hydrogen) atoms. The van der Waals surface area contributed by atoms with Crippen molar-refractivity contribution in [3.8, 4) is 5.75 Å². The first-order valence-corrected chi connectivity index (χ1v) is 7.26. The van der Waals surface area contributed by atoms with Crippen LogP contribution in [0, 0.1) is 5.82 Å². The lowest BCUT2D eigenvalue weighted by Gasteiger charge is -2.14. The van der Waals surface area contributed by atoms with Crippen molar-refractivity contribution in [3.63, 3.8) is 0 Å². The lowest BCUT2D eigenvalue weighted by molar-refractivity contribution is 0.300. The first-order valence-electron chi connectivity index (χ1n) is 6.09. The predicted molar refractivity (Wildman–Crippen MR) is 82.5 cm³/mol. The van der Waals surface area contributed by atoms with E-state index in [-0.39, 0.29) is 18.5 Å². The second-order valence-electron chi connectivity index (χ2n) is 4.50. The molecule has 1 unspecified atom stereocenters. The summed E-state index contributed by atoms with van der Waals surface area (Å²) in [4.78, 5) is 0. The third kappa shape index (κ3) is 3.72. The molecule has 0 bridgehead atoms. The van der Waals surface area contributed by atoms with Gasteiger partial charge in [-0.25, -0.2) is 4.39 Å². The van der Waals surface area contributed by atoms with Gasteiger partial charge in [-0.2, -0.15) is 0 Å². The third-order valence-corrected chi connectivity index (χ3v) is 3.71. The Morgan fingerprint density at radius 2 is 2.05 bits per heavy atom. The summed E-state index contributed by atoms with van der Waals surface area (Å²) in [5.41, 5.74) is 7.44. The van der Waals surface area contributed by atoms with Crippen molar-refractivity contribution in [2.75, 3.05) is 0 Å². The minimum Gasteiger partial charge on any atom is -0.488 e. The molecule has 106 valence electrons. The zero-order chi connectivity index (χ0) is 14.7. The number of halogens is 3. The maximum absolute atomic E-state index is 13.3. The van der Waals surface area contributed by atoms with Crippen LogP contribution in [0.4, 0.5) is 4.39 Å². The van der Waals surface area contributed by atoms with E-state index in [0.717, 1.165) is 15.6 Å². The molecule has 0 aliphatic heterocycles. The molecule has 2 N–H and O–H groups in total. The second kappa shape index (κ2) is 6.57. The van der Waals surface area contributed by atoms with Gasteiger partial charge in [0.1, 0.15) is 18.2 Å². The molecule has 0 aromatic heterocycles. The molecule has 2 aromatic rings. The first kappa shape index (κ1) is 15.3. The van der Waals surface area contributed by atoms with Gasteiger partial charge in [0.25, 0.3) is 0 Å². The lowest BCUT2D eigenvalue weighted by atomic mass is 10.1. The van der Waals surface area contributed by atoms with Crippen molar-refractivity contribution in [2.24, 2.45) is 5.73 Å². The molecule has 1 atom stereocenters. The Labute approximate surface area is 130 Å². The van der Waals surface area contributed by atoms with Crippen LogP contribution in [0.25, 0.3) is 0 Å². The molecule has 2 aromatic carbocycles. The SMILES string of the molecule is CC(N)c1ccc(F)cc1OCc1ccc(Br)cc1Cl. The molecule has 2 rings (SSSR count). The highest BCUT2D eigenvalue weighted by molar-refractivity contribution is 9.10. The fourth-order valence-electron chi connectivity index (χ4n) is 1.80. The van der Waals surface area contributed by atoms with E-state index in [4.69, 9.17) is 22.1 Å². The summed E-state index contributed by atoms with van der Waals surface area (Å²) in [5.74, 6) is 0.0882. The fourth-order valence-corrected chi connectivity index (χ4v) is 2.53. The van der Waals surface area contributed by atoms with Gasteiger partial charge in [-0.15, -0.1) is 0 Å². The summed E-state index contributed by atoms with van der Waals surface area (Å²) in [6.07, 6.45) is 0. The Balaban J connectivity index is 2.20. The number of hydrogen-bond donors (Lipinski definition) is 1. The van der Waals surface area contributed by atoms with Gasteiger partial charge < -0.3 is 10.5 Å². The molecule has 0 saturated carbocycles. The average molecular weight is 359 g/mol. The minimum absolute atomic E-state index is 0.231. The summed E-state index contributed by atoms with van der Waals surface area (Å²) < 4.78 is 19.9. The van der Waals surface area contributed by atoms with Crippen molar-refractivity contribution < 1.29 is 9.13 Å². The fraction of sp³-hybridized carbons (Fsp3) is 0.200. The van der Waals surface area contributed by atoms with E-state index in [1.807, 2.05) is 19.1 Å². The van der Waals surface area contributed by atoms with Gasteiger partial charge in [-0.3, -0.25) is 0 Å². The Hall–Kier alpha value is -1.10. The molecular formula is C15H14BrClFNO. The van der Waals surface area contributed by atoms with E-state index in [2.05, 4.69) is 15.9 Å². The van der Waals surface area contributed by atoms with E-state index in [0.29, 0.717) is 10.8 Å². The molecule has 5 heteroatoms. The van der Waals surface area contributed by atoms with Crippen LogP contribution in [0.3, 0.4) is 0 Å². The van der Waals surface area contributed by atoms with Gasteiger partial charge in [0.2, 0.25) is 0 Å². The molecule has 0 amide bonds. The topological polar surface area (TPSA) is 35.2 Å². The molecule has 0 aliphatic carbocycles. The highest BCUT2D eigenvalue weighted by Gasteiger charge is 2.10. The van der Waals surface area contributed by atoms with E-state index in [9.17, 15) is 4.39 Å². The van der Waals surface area contributed by atoms with Crippen LogP contribution in [0.15, 0.2) is 40.9 Å². The number of nitrogens with two attached hydrogens (primary N) is 1. The quantitative estimate of drug-likeness (QED) is 0.848. The second-order valence-corrected chi connectivity index (χ2v) is 5.82. The van der Waals surface area contributed by atoms with Gasteiger partial charge in [-0.05, 0) is 25.1 Å². The van der Waals surface area contributed by atoms with Crippen LogP contribution in [0.1, 0.15) is 24.1 Å². The van der Waals surface area contributed by atoms with Gasteiger partial charge in [-0.1, -0.05) is 39.7 Å². The molecule has 0 saturated heterocycles. The largest absolute Gasteiger partial charge is 0.488 e. The Kier molecular flexibility index (Phi) is 5.02. The van der Waals surface area contributed by atoms with Gasteiger partial charge >= 0.3 is 0 Å². The van der Waals surface area contributed by atoms with Gasteiger partial charge in [0.05, 0.1) is 0 Å². The molecule has 0 heterocycles. The average Bonchev–Trinajstić information content (AvgIpc) is 2.37. The van der Waals surface area contributed by atoms with Crippen molar-refractivity contribution in [1.29, 1.82) is 0 Å². The Bertz CT molecular complexity index is 619. The maximum atomic E-state index is 13.3. The number of benzene rings is 2. The van der Waals surface area contributed by atoms with Crippen molar-refractivity contribution in [1.82, 2.24) is 0 Å². The highest BCUT2D eigenvalue weighted by atomic mass is 79.9. The van der Waals surface area contributed by atoms with E-state index >= 15 is 0 Å². The summed E-state index contributed by atoms with van der Waals surface area (Å²) >= 11 is 9.46. The van der Waals surface area contributed by atoms with Crippen LogP contribution >= 0.6 is 27.5 Å². The van der Waals surface area contributed by atoms with Crippen LogP contribution in [0.5, 0.6) is 5.75 Å². The normalized spacial score (nSPS) is 12.2. The Morgan fingerprint density at radius 3 is 2.70 bits per heavy atom. The van der Waals surface area contributed by atoms with Crippen LogP contribution in [-0.2, 0) is 6.61 Å². The summed E-state index contributed by atoms with van der Waals surface area (Å²) in [5, 5.41) is 0.595. The first-order chi connectivity index (χ1) is 9.47. The van der Waals surface area contributed by atoms with Crippen LogP contribution < -0.4 is 10.5 Å². The molecule has 2 nitrogen and oxygen atoms in total. The van der Waals surface area contributed by atoms with Gasteiger partial charge in [0.15, 0.2) is 0 Å². The predicted octanol–water partition coefficient (Wildman–Crippen LogP) is 4.84. The van der Waals surface area contributed by atoms with Crippen LogP contribution in [-0.4, -0.2) is 0 Å². The summed E-state index contributed by atoms with van der Waals surface area (Å²) in [6, 6.07) is 9.64. The molecule has 0 radical (unpaired) electrons. The van der Waals surface area contributed by atoms with Crippen molar-refractivity contribution in [2.45, 2.75) is 19.6 Å².